The number of hydrogen-bond acceptors (Lipinski definition) is 4. The number of nitrogens with zero attached hydrogens (tertiary/aromatic N) is 1. The summed E-state index contributed by atoms with van der Waals surface area (Å²) in [5.74, 6) is -0.448. The van der Waals surface area contributed by atoms with Gasteiger partial charge in [-0.25, -0.2) is 0 Å². The molecule has 1 spiro atoms. The van der Waals surface area contributed by atoms with Crippen LogP contribution in [0.3, 0.4) is 0 Å². The molecule has 0 amide bonds. The Labute approximate surface area is 94.6 Å². The first-order valence-corrected chi connectivity index (χ1v) is 5.76. The third-order valence-electron chi connectivity index (χ3n) is 3.21. The molecule has 1 saturated heterocycles. The molecule has 1 heterocycles. The molecule has 0 N–H and O–H groups in total. The number of allylic oxidation sites excluding steroid dienone is 1. The maximum atomic E-state index is 10.5. The lowest BCUT2D eigenvalue weighted by molar-refractivity contribution is -0.425. The van der Waals surface area contributed by atoms with Crippen molar-refractivity contribution in [2.75, 3.05) is 6.61 Å². The van der Waals surface area contributed by atoms with E-state index in [0.29, 0.717) is 6.61 Å². The fourth-order valence-electron chi connectivity index (χ4n) is 2.34. The van der Waals surface area contributed by atoms with Crippen LogP contribution in [0.1, 0.15) is 39.0 Å². The van der Waals surface area contributed by atoms with Crippen LogP contribution in [0.2, 0.25) is 0 Å². The number of hydrogen-bond donors (Lipinski definition) is 0. The second kappa shape index (κ2) is 4.51. The van der Waals surface area contributed by atoms with Crippen molar-refractivity contribution in [3.8, 4) is 0 Å². The minimum Gasteiger partial charge on any atom is -0.347 e. The van der Waals surface area contributed by atoms with Crippen molar-refractivity contribution < 1.29 is 14.4 Å². The van der Waals surface area contributed by atoms with Crippen LogP contribution in [0.25, 0.3) is 0 Å². The zero-order chi connectivity index (χ0) is 11.6. The average Bonchev–Trinajstić information content (AvgIpc) is 2.62. The van der Waals surface area contributed by atoms with Gasteiger partial charge in [0.25, 0.3) is 0 Å². The van der Waals surface area contributed by atoms with Gasteiger partial charge in [0.2, 0.25) is 5.70 Å². The maximum absolute atomic E-state index is 10.5. The highest BCUT2D eigenvalue weighted by molar-refractivity contribution is 4.98. The van der Waals surface area contributed by atoms with Gasteiger partial charge in [0.15, 0.2) is 5.79 Å². The molecular formula is C11H17NO4. The largest absolute Gasteiger partial charge is 0.347 e. The Hall–Kier alpha value is -0.940. The molecule has 1 aliphatic carbocycles. The molecule has 16 heavy (non-hydrogen) atoms. The molecule has 2 fully saturated rings. The van der Waals surface area contributed by atoms with Gasteiger partial charge in [-0.05, 0) is 12.8 Å². The third kappa shape index (κ3) is 2.41. The molecule has 2 aliphatic rings. The summed E-state index contributed by atoms with van der Waals surface area (Å²) < 4.78 is 11.5. The molecule has 5 nitrogen and oxygen atoms in total. The van der Waals surface area contributed by atoms with Crippen molar-refractivity contribution in [1.82, 2.24) is 0 Å². The highest BCUT2D eigenvalue weighted by Gasteiger charge is 2.41. The smallest absolute Gasteiger partial charge is 0.241 e. The van der Waals surface area contributed by atoms with Crippen molar-refractivity contribution in [3.63, 3.8) is 0 Å². The number of rotatable bonds is 2. The standard InChI is InChI=1S/C11H17NO4/c1-9(12(13)14)7-10-8-15-11(16-10)5-3-2-4-6-11/h7,10H,2-6,8H2,1H3/b9-7+/t10-/m0/s1. The first kappa shape index (κ1) is 11.5. The second-order valence-electron chi connectivity index (χ2n) is 4.50. The van der Waals surface area contributed by atoms with Gasteiger partial charge in [-0.15, -0.1) is 0 Å². The Morgan fingerprint density at radius 1 is 1.44 bits per heavy atom. The van der Waals surface area contributed by atoms with Crippen LogP contribution in [0.5, 0.6) is 0 Å². The summed E-state index contributed by atoms with van der Waals surface area (Å²) in [6.07, 6.45) is 6.56. The number of nitro groups is 1. The summed E-state index contributed by atoms with van der Waals surface area (Å²) >= 11 is 0. The zero-order valence-corrected chi connectivity index (χ0v) is 9.48. The minimum atomic E-state index is -0.448. The van der Waals surface area contributed by atoms with E-state index < -0.39 is 10.7 Å². The van der Waals surface area contributed by atoms with E-state index in [2.05, 4.69) is 0 Å². The van der Waals surface area contributed by atoms with Gasteiger partial charge in [-0.3, -0.25) is 10.1 Å². The first-order chi connectivity index (χ1) is 7.61. The normalized spacial score (nSPS) is 29.6. The van der Waals surface area contributed by atoms with Gasteiger partial charge in [0.05, 0.1) is 11.5 Å². The summed E-state index contributed by atoms with van der Waals surface area (Å²) in [5, 5.41) is 10.5. The topological polar surface area (TPSA) is 61.6 Å². The monoisotopic (exact) mass is 227 g/mol. The summed E-state index contributed by atoms with van der Waals surface area (Å²) in [5.41, 5.74) is 0.126. The zero-order valence-electron chi connectivity index (χ0n) is 9.48. The van der Waals surface area contributed by atoms with Crippen LogP contribution in [0, 0.1) is 10.1 Å². The fourth-order valence-corrected chi connectivity index (χ4v) is 2.34. The van der Waals surface area contributed by atoms with Gasteiger partial charge in [0, 0.05) is 25.8 Å². The van der Waals surface area contributed by atoms with Crippen LogP contribution in [0.4, 0.5) is 0 Å². The Balaban J connectivity index is 1.97. The van der Waals surface area contributed by atoms with E-state index in [1.54, 1.807) is 6.08 Å². The molecule has 90 valence electrons. The van der Waals surface area contributed by atoms with Crippen molar-refractivity contribution in [3.05, 3.63) is 21.9 Å². The molecule has 1 atom stereocenters. The molecule has 2 rings (SSSR count). The molecule has 0 radical (unpaired) electrons. The molecule has 0 unspecified atom stereocenters. The lowest BCUT2D eigenvalue weighted by Crippen LogP contribution is -2.33. The molecular weight excluding hydrogens is 210 g/mol. The van der Waals surface area contributed by atoms with Gasteiger partial charge in [-0.2, -0.15) is 0 Å². The molecule has 0 aromatic heterocycles. The van der Waals surface area contributed by atoms with Gasteiger partial charge in [0.1, 0.15) is 6.10 Å². The fraction of sp³-hybridized carbons (Fsp3) is 0.818. The summed E-state index contributed by atoms with van der Waals surface area (Å²) in [6.45, 7) is 1.92. The summed E-state index contributed by atoms with van der Waals surface area (Å²) in [7, 11) is 0. The van der Waals surface area contributed by atoms with Crippen molar-refractivity contribution in [2.45, 2.75) is 50.9 Å². The second-order valence-corrected chi connectivity index (χ2v) is 4.50. The summed E-state index contributed by atoms with van der Waals surface area (Å²) in [6, 6.07) is 0. The van der Waals surface area contributed by atoms with Crippen LogP contribution >= 0.6 is 0 Å². The third-order valence-corrected chi connectivity index (χ3v) is 3.21. The van der Waals surface area contributed by atoms with E-state index in [1.165, 1.54) is 13.3 Å². The molecule has 5 heteroatoms. The lowest BCUT2D eigenvalue weighted by Gasteiger charge is -2.31. The van der Waals surface area contributed by atoms with Crippen molar-refractivity contribution >= 4 is 0 Å². The molecule has 0 aromatic carbocycles. The van der Waals surface area contributed by atoms with Crippen LogP contribution in [-0.4, -0.2) is 23.4 Å². The molecule has 0 aromatic rings. The van der Waals surface area contributed by atoms with Gasteiger partial charge in [-0.1, -0.05) is 6.42 Å². The highest BCUT2D eigenvalue weighted by atomic mass is 16.7. The van der Waals surface area contributed by atoms with Crippen LogP contribution in [0.15, 0.2) is 11.8 Å². The quantitative estimate of drug-likeness (QED) is 0.536. The Morgan fingerprint density at radius 3 is 2.75 bits per heavy atom. The van der Waals surface area contributed by atoms with Gasteiger partial charge >= 0.3 is 0 Å². The van der Waals surface area contributed by atoms with E-state index in [0.717, 1.165) is 25.7 Å². The highest BCUT2D eigenvalue weighted by Crippen LogP contribution is 2.38. The van der Waals surface area contributed by atoms with E-state index >= 15 is 0 Å². The van der Waals surface area contributed by atoms with Crippen molar-refractivity contribution in [1.29, 1.82) is 0 Å². The van der Waals surface area contributed by atoms with E-state index in [-0.39, 0.29) is 11.8 Å². The van der Waals surface area contributed by atoms with Crippen LogP contribution in [-0.2, 0) is 9.47 Å². The predicted molar refractivity (Wildman–Crippen MR) is 57.4 cm³/mol. The molecule has 0 bridgehead atoms. The Morgan fingerprint density at radius 2 is 2.12 bits per heavy atom. The van der Waals surface area contributed by atoms with E-state index in [1.807, 2.05) is 0 Å². The lowest BCUT2D eigenvalue weighted by atomic mass is 9.94. The Kier molecular flexibility index (Phi) is 3.25. The van der Waals surface area contributed by atoms with Crippen molar-refractivity contribution in [2.24, 2.45) is 0 Å². The number of ether oxygens (including phenoxy) is 2. The van der Waals surface area contributed by atoms with E-state index in [4.69, 9.17) is 9.47 Å². The molecule has 1 aliphatic heterocycles. The SMILES string of the molecule is C/C(=C\[C@H]1COC2(CCCCC2)O1)[N+](=O)[O-]. The van der Waals surface area contributed by atoms with E-state index in [9.17, 15) is 10.1 Å². The van der Waals surface area contributed by atoms with Gasteiger partial charge < -0.3 is 9.47 Å². The minimum absolute atomic E-state index is 0.126. The maximum Gasteiger partial charge on any atom is 0.241 e. The predicted octanol–water partition coefficient (Wildman–Crippen LogP) is 2.24. The first-order valence-electron chi connectivity index (χ1n) is 5.76. The molecule has 1 saturated carbocycles. The average molecular weight is 227 g/mol. The summed E-state index contributed by atoms with van der Waals surface area (Å²) in [4.78, 5) is 10.1. The van der Waals surface area contributed by atoms with Crippen LogP contribution < -0.4 is 0 Å². The Bertz CT molecular complexity index is 307.